The summed E-state index contributed by atoms with van der Waals surface area (Å²) in [4.78, 5) is 14.7. The van der Waals surface area contributed by atoms with Crippen molar-refractivity contribution in [2.24, 2.45) is 5.41 Å². The molecule has 3 atom stereocenters. The van der Waals surface area contributed by atoms with Crippen molar-refractivity contribution in [1.82, 2.24) is 4.90 Å². The van der Waals surface area contributed by atoms with Crippen LogP contribution in [0.15, 0.2) is 0 Å². The fourth-order valence-electron chi connectivity index (χ4n) is 4.88. The van der Waals surface area contributed by atoms with Crippen LogP contribution in [-0.4, -0.2) is 45.3 Å². The number of nitrogens with zero attached hydrogens (tertiary/aromatic N) is 1. The van der Waals surface area contributed by atoms with E-state index in [0.717, 1.165) is 57.9 Å². The van der Waals surface area contributed by atoms with E-state index in [2.05, 4.69) is 6.92 Å². The van der Waals surface area contributed by atoms with Gasteiger partial charge >= 0.3 is 0 Å². The molecule has 0 aromatic carbocycles. The maximum Gasteiger partial charge on any atom is 0.225 e. The van der Waals surface area contributed by atoms with Gasteiger partial charge in [-0.2, -0.15) is 0 Å². The molecule has 0 aromatic heterocycles. The fourth-order valence-corrected chi connectivity index (χ4v) is 4.88. The number of aliphatic hydroxyl groups is 2. The van der Waals surface area contributed by atoms with Crippen LogP contribution in [0.5, 0.6) is 0 Å². The Balaban J connectivity index is 1.65. The molecule has 4 heteroatoms. The summed E-state index contributed by atoms with van der Waals surface area (Å²) in [6.07, 6.45) is 8.39. The first-order valence-corrected chi connectivity index (χ1v) is 8.62. The van der Waals surface area contributed by atoms with Crippen LogP contribution in [0.2, 0.25) is 0 Å². The average molecular weight is 295 g/mol. The Morgan fingerprint density at radius 2 is 1.90 bits per heavy atom. The first kappa shape index (κ1) is 15.3. The molecular weight excluding hydrogens is 266 g/mol. The van der Waals surface area contributed by atoms with Gasteiger partial charge in [-0.15, -0.1) is 0 Å². The number of rotatable bonds is 2. The van der Waals surface area contributed by atoms with Gasteiger partial charge < -0.3 is 15.1 Å². The van der Waals surface area contributed by atoms with Crippen molar-refractivity contribution < 1.29 is 15.0 Å². The van der Waals surface area contributed by atoms with Gasteiger partial charge in [0.2, 0.25) is 5.91 Å². The molecule has 0 radical (unpaired) electrons. The molecule has 3 rings (SSSR count). The summed E-state index contributed by atoms with van der Waals surface area (Å²) in [6.45, 7) is 3.01. The topological polar surface area (TPSA) is 60.8 Å². The molecule has 21 heavy (non-hydrogen) atoms. The van der Waals surface area contributed by atoms with Crippen LogP contribution < -0.4 is 0 Å². The lowest BCUT2D eigenvalue weighted by atomic mass is 9.71. The van der Waals surface area contributed by atoms with Gasteiger partial charge in [-0.3, -0.25) is 4.79 Å². The summed E-state index contributed by atoms with van der Waals surface area (Å²) in [5.74, 6) is 0.129. The Labute approximate surface area is 127 Å². The fraction of sp³-hybridized carbons (Fsp3) is 0.941. The normalized spacial score (nSPS) is 39.1. The van der Waals surface area contributed by atoms with Crippen molar-refractivity contribution in [3.05, 3.63) is 0 Å². The van der Waals surface area contributed by atoms with E-state index >= 15 is 0 Å². The summed E-state index contributed by atoms with van der Waals surface area (Å²) in [6, 6.07) is 0.264. The number of amides is 1. The molecule has 1 heterocycles. The van der Waals surface area contributed by atoms with Crippen LogP contribution in [0, 0.1) is 5.41 Å². The Bertz CT molecular complexity index is 405. The van der Waals surface area contributed by atoms with Crippen LogP contribution in [0.3, 0.4) is 0 Å². The van der Waals surface area contributed by atoms with Gasteiger partial charge in [0.15, 0.2) is 0 Å². The first-order valence-electron chi connectivity index (χ1n) is 8.62. The quantitative estimate of drug-likeness (QED) is 0.821. The van der Waals surface area contributed by atoms with Crippen LogP contribution in [0.25, 0.3) is 0 Å². The third-order valence-electron chi connectivity index (χ3n) is 6.16. The maximum absolute atomic E-state index is 12.7. The van der Waals surface area contributed by atoms with E-state index in [0.29, 0.717) is 6.42 Å². The largest absolute Gasteiger partial charge is 0.393 e. The van der Waals surface area contributed by atoms with Crippen LogP contribution in [-0.2, 0) is 4.79 Å². The monoisotopic (exact) mass is 295 g/mol. The summed E-state index contributed by atoms with van der Waals surface area (Å²) in [5, 5.41) is 20.5. The van der Waals surface area contributed by atoms with Gasteiger partial charge in [0.25, 0.3) is 0 Å². The molecule has 1 saturated heterocycles. The molecule has 2 aliphatic carbocycles. The van der Waals surface area contributed by atoms with Crippen LogP contribution in [0.1, 0.15) is 71.1 Å². The Morgan fingerprint density at radius 1 is 1.19 bits per heavy atom. The third kappa shape index (κ3) is 2.98. The van der Waals surface area contributed by atoms with Crippen molar-refractivity contribution >= 4 is 5.91 Å². The molecule has 0 aromatic rings. The minimum absolute atomic E-state index is 0.0719. The molecule has 4 nitrogen and oxygen atoms in total. The maximum atomic E-state index is 12.7. The van der Waals surface area contributed by atoms with E-state index in [9.17, 15) is 15.0 Å². The molecule has 0 spiro atoms. The molecule has 3 fully saturated rings. The van der Waals surface area contributed by atoms with Crippen molar-refractivity contribution in [3.63, 3.8) is 0 Å². The van der Waals surface area contributed by atoms with Crippen molar-refractivity contribution in [1.29, 1.82) is 0 Å². The van der Waals surface area contributed by atoms with Crippen LogP contribution in [0.4, 0.5) is 0 Å². The summed E-state index contributed by atoms with van der Waals surface area (Å²) < 4.78 is 0. The second-order valence-corrected chi connectivity index (χ2v) is 7.90. The highest BCUT2D eigenvalue weighted by molar-refractivity contribution is 5.78. The molecule has 0 bridgehead atoms. The van der Waals surface area contributed by atoms with Crippen molar-refractivity contribution in [2.75, 3.05) is 6.54 Å². The highest BCUT2D eigenvalue weighted by atomic mass is 16.3. The zero-order valence-corrected chi connectivity index (χ0v) is 13.2. The van der Waals surface area contributed by atoms with Gasteiger partial charge in [0.05, 0.1) is 18.1 Å². The number of carbonyl (C=O) groups excluding carboxylic acids is 1. The number of hydrogen-bond donors (Lipinski definition) is 2. The Morgan fingerprint density at radius 3 is 2.62 bits per heavy atom. The van der Waals surface area contributed by atoms with E-state index in [1.54, 1.807) is 0 Å². The molecular formula is C17H29NO3. The van der Waals surface area contributed by atoms with Gasteiger partial charge in [-0.05, 0) is 43.9 Å². The molecule has 0 unspecified atom stereocenters. The van der Waals surface area contributed by atoms with Gasteiger partial charge in [-0.25, -0.2) is 0 Å². The highest BCUT2D eigenvalue weighted by Crippen LogP contribution is 2.47. The molecule has 1 aliphatic heterocycles. The van der Waals surface area contributed by atoms with Crippen molar-refractivity contribution in [2.45, 2.75) is 88.9 Å². The lowest BCUT2D eigenvalue weighted by Gasteiger charge is -2.42. The van der Waals surface area contributed by atoms with E-state index in [1.807, 2.05) is 4.90 Å². The summed E-state index contributed by atoms with van der Waals surface area (Å²) in [5.41, 5.74) is -0.689. The minimum Gasteiger partial charge on any atom is -0.393 e. The predicted molar refractivity (Wildman–Crippen MR) is 80.7 cm³/mol. The lowest BCUT2D eigenvalue weighted by molar-refractivity contribution is -0.140. The second-order valence-electron chi connectivity index (χ2n) is 7.90. The zero-order valence-electron chi connectivity index (χ0n) is 13.2. The third-order valence-corrected chi connectivity index (χ3v) is 6.16. The Kier molecular flexibility index (Phi) is 4.04. The van der Waals surface area contributed by atoms with E-state index in [-0.39, 0.29) is 23.5 Å². The summed E-state index contributed by atoms with van der Waals surface area (Å²) in [7, 11) is 0. The molecule has 1 amide bonds. The zero-order chi connectivity index (χ0) is 15.1. The minimum atomic E-state index is -0.761. The Hall–Kier alpha value is -0.610. The van der Waals surface area contributed by atoms with E-state index < -0.39 is 5.60 Å². The van der Waals surface area contributed by atoms with E-state index in [1.165, 1.54) is 6.42 Å². The summed E-state index contributed by atoms with van der Waals surface area (Å²) >= 11 is 0. The number of carbonyl (C=O) groups is 1. The SMILES string of the molecule is C[C@@]12CCN(C(=O)CC3(O)CCCCC3)[C@@H]1CC[C@@H](O)C2. The standard InChI is InChI=1S/C17H29NO3/c1-16-9-10-18(14(16)6-5-13(19)11-16)15(20)12-17(21)7-3-2-4-8-17/h13-14,19,21H,2-12H2,1H3/t13-,14-,16+/m1/s1. The van der Waals surface area contributed by atoms with Gasteiger partial charge in [-0.1, -0.05) is 26.2 Å². The van der Waals surface area contributed by atoms with Crippen molar-refractivity contribution in [3.8, 4) is 0 Å². The lowest BCUT2D eigenvalue weighted by Crippen LogP contribution is -2.48. The van der Waals surface area contributed by atoms with Gasteiger partial charge in [0.1, 0.15) is 0 Å². The number of aliphatic hydroxyl groups excluding tert-OH is 1. The number of likely N-dealkylation sites (tertiary alicyclic amines) is 1. The highest BCUT2D eigenvalue weighted by Gasteiger charge is 2.49. The number of fused-ring (bicyclic) bond motifs is 1. The number of hydrogen-bond acceptors (Lipinski definition) is 3. The smallest absolute Gasteiger partial charge is 0.225 e. The van der Waals surface area contributed by atoms with Gasteiger partial charge in [0, 0.05) is 12.6 Å². The average Bonchev–Trinajstić information content (AvgIpc) is 2.75. The second kappa shape index (κ2) is 5.54. The molecule has 120 valence electrons. The molecule has 2 N–H and O–H groups in total. The molecule has 3 aliphatic rings. The van der Waals surface area contributed by atoms with Crippen LogP contribution >= 0.6 is 0 Å². The van der Waals surface area contributed by atoms with E-state index in [4.69, 9.17) is 0 Å². The molecule has 2 saturated carbocycles. The predicted octanol–water partition coefficient (Wildman–Crippen LogP) is 2.22. The first-order chi connectivity index (χ1) is 9.92.